The van der Waals surface area contributed by atoms with Crippen molar-refractivity contribution in [3.8, 4) is 0 Å². The van der Waals surface area contributed by atoms with Crippen LogP contribution in [0.4, 0.5) is 0 Å². The van der Waals surface area contributed by atoms with Gasteiger partial charge in [-0.2, -0.15) is 0 Å². The van der Waals surface area contributed by atoms with Gasteiger partial charge in [-0.25, -0.2) is 4.98 Å². The summed E-state index contributed by atoms with van der Waals surface area (Å²) in [7, 11) is 0. The van der Waals surface area contributed by atoms with Crippen LogP contribution in [0.3, 0.4) is 0 Å². The highest BCUT2D eigenvalue weighted by atomic mass is 14.8. The summed E-state index contributed by atoms with van der Waals surface area (Å²) in [4.78, 5) is 12.3. The Kier molecular flexibility index (Phi) is 1.57. The van der Waals surface area contributed by atoms with Crippen LogP contribution in [0, 0.1) is 13.8 Å². The van der Waals surface area contributed by atoms with Gasteiger partial charge in [0.2, 0.25) is 0 Å². The Labute approximate surface area is 87.2 Å². The molecular formula is C12H11N3. The second kappa shape index (κ2) is 2.79. The maximum Gasteiger partial charge on any atom is 0.113 e. The first-order valence-electron chi connectivity index (χ1n) is 4.96. The van der Waals surface area contributed by atoms with E-state index in [4.69, 9.17) is 0 Å². The Morgan fingerprint density at radius 2 is 1.93 bits per heavy atom. The van der Waals surface area contributed by atoms with Crippen molar-refractivity contribution in [3.05, 3.63) is 35.8 Å². The zero-order valence-corrected chi connectivity index (χ0v) is 8.70. The summed E-state index contributed by atoms with van der Waals surface area (Å²) in [6, 6.07) is 6.13. The average molecular weight is 197 g/mol. The van der Waals surface area contributed by atoms with Crippen LogP contribution in [-0.4, -0.2) is 15.0 Å². The maximum absolute atomic E-state index is 4.58. The van der Waals surface area contributed by atoms with Crippen molar-refractivity contribution >= 4 is 21.9 Å². The largest absolute Gasteiger partial charge is 0.356 e. The Balaban J connectivity index is 2.57. The molecule has 3 aromatic rings. The first kappa shape index (κ1) is 8.41. The zero-order valence-electron chi connectivity index (χ0n) is 8.70. The summed E-state index contributed by atoms with van der Waals surface area (Å²) in [6.45, 7) is 4.04. The molecule has 0 fully saturated rings. The third kappa shape index (κ3) is 1.13. The van der Waals surface area contributed by atoms with E-state index in [2.05, 4.69) is 27.1 Å². The van der Waals surface area contributed by atoms with E-state index in [1.54, 1.807) is 0 Å². The van der Waals surface area contributed by atoms with Crippen molar-refractivity contribution in [1.29, 1.82) is 0 Å². The highest BCUT2D eigenvalue weighted by molar-refractivity contribution is 6.01. The number of aryl methyl sites for hydroxylation is 2. The molecule has 0 aliphatic carbocycles. The topological polar surface area (TPSA) is 41.6 Å². The minimum atomic E-state index is 0.959. The van der Waals surface area contributed by atoms with Gasteiger partial charge in [-0.1, -0.05) is 6.07 Å². The van der Waals surface area contributed by atoms with Gasteiger partial charge in [-0.3, -0.25) is 4.98 Å². The molecule has 2 aromatic heterocycles. The minimum absolute atomic E-state index is 0.959. The van der Waals surface area contributed by atoms with Gasteiger partial charge in [-0.05, 0) is 26.0 Å². The normalized spacial score (nSPS) is 11.3. The highest BCUT2D eigenvalue weighted by Crippen LogP contribution is 2.21. The lowest BCUT2D eigenvalue weighted by Crippen LogP contribution is -1.93. The monoisotopic (exact) mass is 197 g/mol. The molecule has 0 atom stereocenters. The SMILES string of the molecule is Cc1nc2c(ccc3ccnc32)[nH]c1C. The average Bonchev–Trinajstić information content (AvgIpc) is 2.68. The Bertz CT molecular complexity index is 652. The summed E-state index contributed by atoms with van der Waals surface area (Å²) < 4.78 is 0. The number of hydrogen-bond acceptors (Lipinski definition) is 2. The molecule has 2 heterocycles. The van der Waals surface area contributed by atoms with Crippen LogP contribution in [0.1, 0.15) is 11.4 Å². The van der Waals surface area contributed by atoms with Gasteiger partial charge in [0.05, 0.1) is 16.7 Å². The van der Waals surface area contributed by atoms with Crippen molar-refractivity contribution in [2.75, 3.05) is 0 Å². The van der Waals surface area contributed by atoms with Crippen molar-refractivity contribution in [2.45, 2.75) is 13.8 Å². The fraction of sp³-hybridized carbons (Fsp3) is 0.167. The van der Waals surface area contributed by atoms with Crippen molar-refractivity contribution in [1.82, 2.24) is 15.0 Å². The molecule has 0 amide bonds. The van der Waals surface area contributed by atoms with Gasteiger partial charge >= 0.3 is 0 Å². The van der Waals surface area contributed by atoms with Gasteiger partial charge in [0, 0.05) is 17.3 Å². The fourth-order valence-corrected chi connectivity index (χ4v) is 1.82. The molecule has 1 N–H and O–H groups in total. The molecule has 0 spiro atoms. The number of H-pyrrole nitrogens is 1. The van der Waals surface area contributed by atoms with Crippen LogP contribution < -0.4 is 0 Å². The molecule has 0 saturated heterocycles. The van der Waals surface area contributed by atoms with Crippen LogP contribution in [0.5, 0.6) is 0 Å². The maximum atomic E-state index is 4.58. The van der Waals surface area contributed by atoms with Crippen LogP contribution in [0.15, 0.2) is 24.4 Å². The molecule has 0 radical (unpaired) electrons. The number of aromatic nitrogens is 3. The van der Waals surface area contributed by atoms with Crippen LogP contribution in [-0.2, 0) is 0 Å². The van der Waals surface area contributed by atoms with Gasteiger partial charge in [-0.15, -0.1) is 0 Å². The third-order valence-corrected chi connectivity index (χ3v) is 2.78. The van der Waals surface area contributed by atoms with Gasteiger partial charge in [0.1, 0.15) is 5.52 Å². The first-order chi connectivity index (χ1) is 7.25. The van der Waals surface area contributed by atoms with E-state index in [1.165, 1.54) is 0 Å². The van der Waals surface area contributed by atoms with Gasteiger partial charge in [0.15, 0.2) is 0 Å². The molecule has 0 aliphatic rings. The summed E-state index contributed by atoms with van der Waals surface area (Å²) in [5.41, 5.74) is 5.11. The molecule has 15 heavy (non-hydrogen) atoms. The van der Waals surface area contributed by atoms with Crippen molar-refractivity contribution < 1.29 is 0 Å². The van der Waals surface area contributed by atoms with E-state index < -0.39 is 0 Å². The summed E-state index contributed by atoms with van der Waals surface area (Å²) in [5.74, 6) is 0. The third-order valence-electron chi connectivity index (χ3n) is 2.78. The molecule has 0 aliphatic heterocycles. The van der Waals surface area contributed by atoms with E-state index in [1.807, 2.05) is 26.1 Å². The lowest BCUT2D eigenvalue weighted by molar-refractivity contribution is 1.10. The number of hydrogen-bond donors (Lipinski definition) is 1. The molecule has 3 heteroatoms. The lowest BCUT2D eigenvalue weighted by atomic mass is 10.2. The highest BCUT2D eigenvalue weighted by Gasteiger charge is 2.05. The number of aromatic amines is 1. The predicted molar refractivity (Wildman–Crippen MR) is 60.9 cm³/mol. The summed E-state index contributed by atoms with van der Waals surface area (Å²) in [5, 5.41) is 1.15. The molecule has 3 rings (SSSR count). The van der Waals surface area contributed by atoms with Crippen LogP contribution >= 0.6 is 0 Å². The number of nitrogens with one attached hydrogen (secondary N) is 1. The zero-order chi connectivity index (χ0) is 10.4. The Morgan fingerprint density at radius 3 is 2.80 bits per heavy atom. The smallest absolute Gasteiger partial charge is 0.113 e. The second-order valence-corrected chi connectivity index (χ2v) is 3.79. The quantitative estimate of drug-likeness (QED) is 0.602. The molecule has 1 aromatic carbocycles. The molecule has 0 unspecified atom stereocenters. The first-order valence-corrected chi connectivity index (χ1v) is 4.96. The number of nitrogens with zero attached hydrogens (tertiary/aromatic N) is 2. The second-order valence-electron chi connectivity index (χ2n) is 3.79. The van der Waals surface area contributed by atoms with E-state index in [0.29, 0.717) is 0 Å². The molecule has 0 bridgehead atoms. The molecule has 3 nitrogen and oxygen atoms in total. The van der Waals surface area contributed by atoms with E-state index in [-0.39, 0.29) is 0 Å². The summed E-state index contributed by atoms with van der Waals surface area (Å²) >= 11 is 0. The van der Waals surface area contributed by atoms with E-state index >= 15 is 0 Å². The van der Waals surface area contributed by atoms with Crippen LogP contribution in [0.25, 0.3) is 21.9 Å². The van der Waals surface area contributed by atoms with Crippen molar-refractivity contribution in [2.24, 2.45) is 0 Å². The summed E-state index contributed by atoms with van der Waals surface area (Å²) in [6.07, 6.45) is 1.82. The molecule has 74 valence electrons. The van der Waals surface area contributed by atoms with E-state index in [0.717, 1.165) is 33.3 Å². The van der Waals surface area contributed by atoms with E-state index in [9.17, 15) is 0 Å². The Morgan fingerprint density at radius 1 is 1.07 bits per heavy atom. The van der Waals surface area contributed by atoms with Crippen LogP contribution in [0.2, 0.25) is 0 Å². The number of rotatable bonds is 0. The Hall–Kier alpha value is -1.90. The van der Waals surface area contributed by atoms with Crippen molar-refractivity contribution in [3.63, 3.8) is 0 Å². The van der Waals surface area contributed by atoms with Gasteiger partial charge < -0.3 is 4.98 Å². The molecule has 0 saturated carbocycles. The van der Waals surface area contributed by atoms with Gasteiger partial charge in [0.25, 0.3) is 0 Å². The number of benzene rings is 1. The number of fused-ring (bicyclic) bond motifs is 3. The fourth-order valence-electron chi connectivity index (χ4n) is 1.82. The molecular weight excluding hydrogens is 186 g/mol. The minimum Gasteiger partial charge on any atom is -0.356 e. The standard InChI is InChI=1S/C12H11N3/c1-7-8(2)15-12-10(14-7)4-3-9-5-6-13-11(9)12/h3-6,14H,1-2H3. The predicted octanol–water partition coefficient (Wildman–Crippen LogP) is 2.73. The lowest BCUT2D eigenvalue weighted by Gasteiger charge is -2.04.